The second kappa shape index (κ2) is 9.82. The number of hydrogen-bond acceptors (Lipinski definition) is 3. The lowest BCUT2D eigenvalue weighted by atomic mass is 10.1. The van der Waals surface area contributed by atoms with Crippen LogP contribution < -0.4 is 11.0 Å². The summed E-state index contributed by atoms with van der Waals surface area (Å²) in [5.41, 5.74) is 2.93. The molecule has 0 saturated heterocycles. The minimum absolute atomic E-state index is 0.133. The zero-order valence-corrected chi connectivity index (χ0v) is 17.1. The highest BCUT2D eigenvalue weighted by atomic mass is 19.4. The summed E-state index contributed by atoms with van der Waals surface area (Å²) in [6, 6.07) is 14.3. The Morgan fingerprint density at radius 1 is 1.00 bits per heavy atom. The predicted octanol–water partition coefficient (Wildman–Crippen LogP) is 3.61. The second-order valence-electron chi connectivity index (χ2n) is 7.12. The van der Waals surface area contributed by atoms with Crippen LogP contribution in [-0.4, -0.2) is 27.8 Å². The fourth-order valence-electron chi connectivity index (χ4n) is 3.33. The molecule has 1 amide bonds. The lowest BCUT2D eigenvalue weighted by Crippen LogP contribution is -2.28. The van der Waals surface area contributed by atoms with Crippen molar-refractivity contribution in [3.05, 3.63) is 70.1 Å². The smallest absolute Gasteiger partial charge is 0.367 e. The van der Waals surface area contributed by atoms with E-state index in [-0.39, 0.29) is 37.7 Å². The highest BCUT2D eigenvalue weighted by Crippen LogP contribution is 2.16. The van der Waals surface area contributed by atoms with Crippen molar-refractivity contribution in [3.63, 3.8) is 0 Å². The first-order chi connectivity index (χ1) is 14.8. The van der Waals surface area contributed by atoms with Crippen molar-refractivity contribution < 1.29 is 22.7 Å². The van der Waals surface area contributed by atoms with Crippen molar-refractivity contribution >= 4 is 16.9 Å². The largest absolute Gasteiger partial charge is 0.411 e. The Kier molecular flexibility index (Phi) is 7.17. The number of ether oxygens (including phenoxy) is 1. The van der Waals surface area contributed by atoms with Crippen molar-refractivity contribution in [1.29, 1.82) is 0 Å². The van der Waals surface area contributed by atoms with Gasteiger partial charge in [0.1, 0.15) is 6.61 Å². The molecule has 3 aromatic rings. The zero-order chi connectivity index (χ0) is 22.4. The minimum atomic E-state index is -4.35. The number of imidazole rings is 1. The number of fused-ring (bicyclic) bond motifs is 1. The van der Waals surface area contributed by atoms with E-state index in [1.165, 1.54) is 0 Å². The second-order valence-corrected chi connectivity index (χ2v) is 7.12. The molecule has 3 rings (SSSR count). The molecular weight excluding hydrogens is 411 g/mol. The molecule has 1 aromatic heterocycles. The quantitative estimate of drug-likeness (QED) is 0.559. The third-order valence-electron chi connectivity index (χ3n) is 4.85. The summed E-state index contributed by atoms with van der Waals surface area (Å²) in [5.74, 6) is -0.196. The normalized spacial score (nSPS) is 11.7. The number of benzene rings is 2. The van der Waals surface area contributed by atoms with Crippen LogP contribution in [0.3, 0.4) is 0 Å². The molecule has 9 heteroatoms. The number of hydrogen-bond donors (Lipinski definition) is 1. The summed E-state index contributed by atoms with van der Waals surface area (Å²) in [4.78, 5) is 24.9. The van der Waals surface area contributed by atoms with Crippen LogP contribution in [0.5, 0.6) is 0 Å². The van der Waals surface area contributed by atoms with Gasteiger partial charge in [0.2, 0.25) is 5.91 Å². The highest BCUT2D eigenvalue weighted by Gasteiger charge is 2.27. The van der Waals surface area contributed by atoms with Gasteiger partial charge in [0.05, 0.1) is 17.6 Å². The van der Waals surface area contributed by atoms with Gasteiger partial charge in [-0.25, -0.2) is 4.79 Å². The van der Waals surface area contributed by atoms with Gasteiger partial charge in [-0.15, -0.1) is 0 Å². The number of amides is 1. The molecule has 0 fully saturated rings. The number of nitrogens with one attached hydrogen (secondary N) is 1. The Labute approximate surface area is 177 Å². The van der Waals surface area contributed by atoms with Crippen LogP contribution in [0.4, 0.5) is 13.2 Å². The molecule has 0 aliphatic heterocycles. The standard InChI is InChI=1S/C22H24F3N3O3/c1-2-27-18-5-3-4-6-19(18)28(21(27)30)12-11-20(29)26-13-16-7-9-17(10-8-16)14-31-15-22(23,24)25/h3-10H,2,11-15H2,1H3,(H,26,29). The van der Waals surface area contributed by atoms with Crippen molar-refractivity contribution in [2.45, 2.75) is 45.8 Å². The molecule has 0 radical (unpaired) electrons. The van der Waals surface area contributed by atoms with Gasteiger partial charge in [-0.3, -0.25) is 13.9 Å². The number of carbonyl (C=O) groups excluding carboxylic acids is 1. The summed E-state index contributed by atoms with van der Waals surface area (Å²) in [6.45, 7) is 1.59. The van der Waals surface area contributed by atoms with Crippen LogP contribution in [0.15, 0.2) is 53.3 Å². The van der Waals surface area contributed by atoms with Crippen molar-refractivity contribution in [3.8, 4) is 0 Å². The first-order valence-corrected chi connectivity index (χ1v) is 9.95. The lowest BCUT2D eigenvalue weighted by molar-refractivity contribution is -0.176. The van der Waals surface area contributed by atoms with E-state index in [0.29, 0.717) is 12.1 Å². The molecule has 0 unspecified atom stereocenters. The maximum absolute atomic E-state index is 12.6. The fourth-order valence-corrected chi connectivity index (χ4v) is 3.33. The van der Waals surface area contributed by atoms with Gasteiger partial charge in [0.25, 0.3) is 0 Å². The minimum Gasteiger partial charge on any atom is -0.367 e. The lowest BCUT2D eigenvalue weighted by Gasteiger charge is -2.09. The van der Waals surface area contributed by atoms with Crippen LogP contribution in [0.25, 0.3) is 11.0 Å². The molecule has 0 aliphatic rings. The van der Waals surface area contributed by atoms with E-state index in [9.17, 15) is 22.8 Å². The van der Waals surface area contributed by atoms with Gasteiger partial charge in [-0.2, -0.15) is 13.2 Å². The van der Waals surface area contributed by atoms with Crippen LogP contribution in [-0.2, 0) is 35.8 Å². The molecule has 31 heavy (non-hydrogen) atoms. The molecule has 0 saturated carbocycles. The van der Waals surface area contributed by atoms with Crippen LogP contribution in [0.1, 0.15) is 24.5 Å². The summed E-state index contributed by atoms with van der Waals surface area (Å²) in [6.07, 6.45) is -4.19. The molecule has 166 valence electrons. The van der Waals surface area contributed by atoms with E-state index in [0.717, 1.165) is 16.6 Å². The van der Waals surface area contributed by atoms with Gasteiger partial charge in [0, 0.05) is 26.1 Å². The van der Waals surface area contributed by atoms with Crippen molar-refractivity contribution in [2.75, 3.05) is 6.61 Å². The molecule has 0 aliphatic carbocycles. The number of carbonyl (C=O) groups is 1. The fraction of sp³-hybridized carbons (Fsp3) is 0.364. The average Bonchev–Trinajstić information content (AvgIpc) is 3.01. The Hall–Kier alpha value is -3.07. The third kappa shape index (κ3) is 5.97. The monoisotopic (exact) mass is 435 g/mol. The Morgan fingerprint density at radius 2 is 1.61 bits per heavy atom. The summed E-state index contributed by atoms with van der Waals surface area (Å²) < 4.78 is 44.2. The number of para-hydroxylation sites is 2. The van der Waals surface area contributed by atoms with Gasteiger partial charge >= 0.3 is 11.9 Å². The number of alkyl halides is 3. The van der Waals surface area contributed by atoms with Crippen molar-refractivity contribution in [2.24, 2.45) is 0 Å². The van der Waals surface area contributed by atoms with E-state index < -0.39 is 12.8 Å². The number of rotatable bonds is 9. The van der Waals surface area contributed by atoms with E-state index in [4.69, 9.17) is 0 Å². The maximum Gasteiger partial charge on any atom is 0.411 e. The van der Waals surface area contributed by atoms with Gasteiger partial charge < -0.3 is 10.1 Å². The van der Waals surface area contributed by atoms with Crippen molar-refractivity contribution in [1.82, 2.24) is 14.5 Å². The molecule has 1 heterocycles. The van der Waals surface area contributed by atoms with Gasteiger partial charge in [-0.1, -0.05) is 36.4 Å². The van der Waals surface area contributed by atoms with E-state index >= 15 is 0 Å². The average molecular weight is 435 g/mol. The first kappa shape index (κ1) is 22.6. The molecule has 1 N–H and O–H groups in total. The molecule has 2 aromatic carbocycles. The number of aromatic nitrogens is 2. The Morgan fingerprint density at radius 3 is 2.23 bits per heavy atom. The topological polar surface area (TPSA) is 65.3 Å². The number of halogens is 3. The van der Waals surface area contributed by atoms with E-state index in [1.807, 2.05) is 31.2 Å². The highest BCUT2D eigenvalue weighted by molar-refractivity contribution is 5.78. The van der Waals surface area contributed by atoms with E-state index in [2.05, 4.69) is 10.1 Å². The zero-order valence-electron chi connectivity index (χ0n) is 17.1. The number of nitrogens with zero attached hydrogens (tertiary/aromatic N) is 2. The SMILES string of the molecule is CCn1c(=O)n(CCC(=O)NCc2ccc(COCC(F)(F)F)cc2)c2ccccc21. The number of aryl methyl sites for hydroxylation is 2. The Balaban J connectivity index is 1.51. The van der Waals surface area contributed by atoms with Gasteiger partial charge in [0.15, 0.2) is 0 Å². The molecule has 0 spiro atoms. The summed E-state index contributed by atoms with van der Waals surface area (Å²) in [7, 11) is 0. The molecule has 0 bridgehead atoms. The molecule has 0 atom stereocenters. The molecule has 6 nitrogen and oxygen atoms in total. The Bertz CT molecular complexity index is 1090. The van der Waals surface area contributed by atoms with Crippen LogP contribution >= 0.6 is 0 Å². The van der Waals surface area contributed by atoms with E-state index in [1.54, 1.807) is 33.4 Å². The van der Waals surface area contributed by atoms with Crippen LogP contribution in [0.2, 0.25) is 0 Å². The third-order valence-corrected chi connectivity index (χ3v) is 4.85. The predicted molar refractivity (Wildman–Crippen MR) is 110 cm³/mol. The molecular formula is C22H24F3N3O3. The summed E-state index contributed by atoms with van der Waals surface area (Å²) in [5, 5.41) is 2.80. The first-order valence-electron chi connectivity index (χ1n) is 9.95. The summed E-state index contributed by atoms with van der Waals surface area (Å²) >= 11 is 0. The maximum atomic E-state index is 12.6. The van der Waals surface area contributed by atoms with Gasteiger partial charge in [-0.05, 0) is 30.2 Å². The van der Waals surface area contributed by atoms with Crippen LogP contribution in [0, 0.1) is 0 Å².